The van der Waals surface area contributed by atoms with Gasteiger partial charge in [0.15, 0.2) is 0 Å². The van der Waals surface area contributed by atoms with Gasteiger partial charge in [0.25, 0.3) is 11.8 Å². The van der Waals surface area contributed by atoms with Crippen molar-refractivity contribution in [2.45, 2.75) is 20.3 Å². The molecule has 178 valence electrons. The van der Waals surface area contributed by atoms with E-state index in [1.54, 1.807) is 43.3 Å². The first-order chi connectivity index (χ1) is 16.7. The second kappa shape index (κ2) is 9.72. The summed E-state index contributed by atoms with van der Waals surface area (Å²) in [5, 5.41) is 2.55. The molecule has 0 atom stereocenters. The van der Waals surface area contributed by atoms with Gasteiger partial charge in [-0.05, 0) is 66.9 Å². The van der Waals surface area contributed by atoms with E-state index in [0.29, 0.717) is 45.1 Å². The van der Waals surface area contributed by atoms with Crippen LogP contribution in [0, 0.1) is 19.7 Å². The number of carbonyl (C=O) groups is 3. The second-order valence-electron chi connectivity index (χ2n) is 8.24. The third-order valence-corrected chi connectivity index (χ3v) is 6.01. The van der Waals surface area contributed by atoms with Crippen molar-refractivity contribution in [3.63, 3.8) is 0 Å². The van der Waals surface area contributed by atoms with Crippen LogP contribution in [-0.2, 0) is 16.0 Å². The molecule has 0 unspecified atom stereocenters. The van der Waals surface area contributed by atoms with Crippen molar-refractivity contribution >= 4 is 41.2 Å². The average molecular weight is 493 g/mol. The lowest BCUT2D eigenvalue weighted by Crippen LogP contribution is -2.54. The van der Waals surface area contributed by atoms with E-state index in [1.165, 1.54) is 25.3 Å². The van der Waals surface area contributed by atoms with Gasteiger partial charge in [-0.2, -0.15) is 0 Å². The van der Waals surface area contributed by atoms with E-state index in [1.807, 2.05) is 13.0 Å². The molecule has 6 nitrogen and oxygen atoms in total. The molecule has 8 heteroatoms. The summed E-state index contributed by atoms with van der Waals surface area (Å²) in [6, 6.07) is 13.9. The lowest BCUT2D eigenvalue weighted by Gasteiger charge is -2.27. The van der Waals surface area contributed by atoms with Crippen molar-refractivity contribution in [1.29, 1.82) is 0 Å². The molecule has 0 aliphatic carbocycles. The molecule has 1 aliphatic heterocycles. The molecule has 0 spiro atoms. The highest BCUT2D eigenvalue weighted by Gasteiger charge is 2.37. The minimum absolute atomic E-state index is 0.222. The van der Waals surface area contributed by atoms with Crippen molar-refractivity contribution in [1.82, 2.24) is 5.32 Å². The van der Waals surface area contributed by atoms with Crippen LogP contribution in [0.5, 0.6) is 5.75 Å². The zero-order valence-corrected chi connectivity index (χ0v) is 20.1. The number of anilines is 1. The summed E-state index contributed by atoms with van der Waals surface area (Å²) in [6.45, 7) is 3.68. The van der Waals surface area contributed by atoms with Gasteiger partial charge in [-0.1, -0.05) is 41.4 Å². The summed E-state index contributed by atoms with van der Waals surface area (Å²) in [5.74, 6) is -1.49. The first-order valence-corrected chi connectivity index (χ1v) is 11.2. The molecular weight excluding hydrogens is 471 g/mol. The Hall–Kier alpha value is -3.97. The van der Waals surface area contributed by atoms with Gasteiger partial charge in [0.05, 0.1) is 12.8 Å². The number of ether oxygens (including phenoxy) is 1. The third-order valence-electron chi connectivity index (χ3n) is 5.67. The topological polar surface area (TPSA) is 75.7 Å². The summed E-state index contributed by atoms with van der Waals surface area (Å²) < 4.78 is 19.1. The van der Waals surface area contributed by atoms with Gasteiger partial charge in [-0.15, -0.1) is 0 Å². The van der Waals surface area contributed by atoms with Gasteiger partial charge in [-0.3, -0.25) is 14.9 Å². The number of nitrogens with one attached hydrogen (secondary N) is 1. The highest BCUT2D eigenvalue weighted by atomic mass is 35.5. The molecule has 1 fully saturated rings. The van der Waals surface area contributed by atoms with Gasteiger partial charge in [-0.25, -0.2) is 14.1 Å². The standard InChI is InChI=1S/C27H22ClFN2O4/c1-15-7-8-23(16(2)9-15)31-26(33)21(25(32)30-27(31)34)12-18-13-22(28)20(24(14-18)35-3)11-17-5-4-6-19(29)10-17/h4-10,12-14H,11H2,1-3H3,(H,30,32,34)/b21-12+. The van der Waals surface area contributed by atoms with Crippen molar-refractivity contribution < 1.29 is 23.5 Å². The van der Waals surface area contributed by atoms with Crippen LogP contribution >= 0.6 is 11.6 Å². The fourth-order valence-electron chi connectivity index (χ4n) is 4.02. The number of rotatable bonds is 5. The second-order valence-corrected chi connectivity index (χ2v) is 8.65. The summed E-state index contributed by atoms with van der Waals surface area (Å²) in [7, 11) is 1.47. The smallest absolute Gasteiger partial charge is 0.335 e. The van der Waals surface area contributed by atoms with Gasteiger partial charge in [0, 0.05) is 17.0 Å². The van der Waals surface area contributed by atoms with Crippen LogP contribution < -0.4 is 15.0 Å². The number of imide groups is 2. The Bertz CT molecular complexity index is 1400. The number of urea groups is 1. The minimum atomic E-state index is -0.815. The number of methoxy groups -OCH3 is 1. The fourth-order valence-corrected chi connectivity index (χ4v) is 4.30. The summed E-state index contributed by atoms with van der Waals surface area (Å²) in [6.07, 6.45) is 1.69. The van der Waals surface area contributed by atoms with Crippen LogP contribution in [0.4, 0.5) is 14.9 Å². The van der Waals surface area contributed by atoms with Crippen LogP contribution in [0.2, 0.25) is 5.02 Å². The molecule has 3 aromatic rings. The third kappa shape index (κ3) is 4.95. The number of nitrogens with zero attached hydrogens (tertiary/aromatic N) is 1. The van der Waals surface area contributed by atoms with Crippen LogP contribution in [0.25, 0.3) is 6.08 Å². The van der Waals surface area contributed by atoms with Gasteiger partial charge >= 0.3 is 6.03 Å². The zero-order chi connectivity index (χ0) is 25.3. The predicted octanol–water partition coefficient (Wildman–Crippen LogP) is 5.36. The molecule has 1 N–H and O–H groups in total. The molecule has 4 rings (SSSR count). The van der Waals surface area contributed by atoms with Crippen LogP contribution in [0.1, 0.15) is 27.8 Å². The molecule has 0 aromatic heterocycles. The first kappa shape index (κ1) is 24.2. The van der Waals surface area contributed by atoms with Crippen LogP contribution in [0.15, 0.2) is 60.2 Å². The van der Waals surface area contributed by atoms with Crippen molar-refractivity contribution in [2.24, 2.45) is 0 Å². The Morgan fingerprint density at radius 2 is 1.83 bits per heavy atom. The fraction of sp³-hybridized carbons (Fsp3) is 0.148. The highest BCUT2D eigenvalue weighted by Crippen LogP contribution is 2.33. The van der Waals surface area contributed by atoms with Gasteiger partial charge in [0.2, 0.25) is 0 Å². The van der Waals surface area contributed by atoms with E-state index < -0.39 is 17.8 Å². The number of carbonyl (C=O) groups excluding carboxylic acids is 3. The average Bonchev–Trinajstić information content (AvgIpc) is 2.79. The maximum Gasteiger partial charge on any atom is 0.335 e. The van der Waals surface area contributed by atoms with E-state index in [2.05, 4.69) is 5.32 Å². The quantitative estimate of drug-likeness (QED) is 0.384. The minimum Gasteiger partial charge on any atom is -0.496 e. The number of aryl methyl sites for hydroxylation is 2. The number of halogens is 2. The number of benzene rings is 3. The van der Waals surface area contributed by atoms with E-state index in [9.17, 15) is 18.8 Å². The van der Waals surface area contributed by atoms with E-state index in [-0.39, 0.29) is 11.4 Å². The predicted molar refractivity (Wildman–Crippen MR) is 132 cm³/mol. The van der Waals surface area contributed by atoms with E-state index in [0.717, 1.165) is 10.5 Å². The Labute approximate surface area is 207 Å². The number of barbiturate groups is 1. The molecule has 3 aromatic carbocycles. The van der Waals surface area contributed by atoms with Gasteiger partial charge < -0.3 is 4.74 Å². The highest BCUT2D eigenvalue weighted by molar-refractivity contribution is 6.39. The van der Waals surface area contributed by atoms with Crippen molar-refractivity contribution in [3.05, 3.63) is 98.8 Å². The molecule has 1 saturated heterocycles. The Kier molecular flexibility index (Phi) is 6.71. The number of hydrogen-bond donors (Lipinski definition) is 1. The molecule has 35 heavy (non-hydrogen) atoms. The lowest BCUT2D eigenvalue weighted by atomic mass is 10.00. The maximum absolute atomic E-state index is 13.6. The molecule has 4 amide bonds. The zero-order valence-electron chi connectivity index (χ0n) is 19.3. The van der Waals surface area contributed by atoms with Crippen molar-refractivity contribution in [2.75, 3.05) is 12.0 Å². The molecule has 0 radical (unpaired) electrons. The maximum atomic E-state index is 13.6. The molecule has 1 aliphatic rings. The van der Waals surface area contributed by atoms with Crippen molar-refractivity contribution in [3.8, 4) is 5.75 Å². The van der Waals surface area contributed by atoms with E-state index in [4.69, 9.17) is 16.3 Å². The first-order valence-electron chi connectivity index (χ1n) is 10.8. The summed E-state index contributed by atoms with van der Waals surface area (Å²) in [5.41, 5.74) is 3.63. The summed E-state index contributed by atoms with van der Waals surface area (Å²) >= 11 is 6.52. The Morgan fingerprint density at radius 1 is 1.06 bits per heavy atom. The Balaban J connectivity index is 1.72. The molecule has 0 saturated carbocycles. The van der Waals surface area contributed by atoms with Crippen LogP contribution in [-0.4, -0.2) is 25.0 Å². The largest absolute Gasteiger partial charge is 0.496 e. The normalized spacial score (nSPS) is 14.9. The summed E-state index contributed by atoms with van der Waals surface area (Å²) in [4.78, 5) is 39.3. The van der Waals surface area contributed by atoms with Crippen LogP contribution in [0.3, 0.4) is 0 Å². The molecular formula is C27H22ClFN2O4. The lowest BCUT2D eigenvalue weighted by molar-refractivity contribution is -0.122. The SMILES string of the molecule is COc1cc(/C=C2\C(=O)NC(=O)N(c3ccc(C)cc3C)C2=O)cc(Cl)c1Cc1cccc(F)c1. The number of hydrogen-bond acceptors (Lipinski definition) is 4. The van der Waals surface area contributed by atoms with E-state index >= 15 is 0 Å². The van der Waals surface area contributed by atoms with Gasteiger partial charge in [0.1, 0.15) is 17.1 Å². The molecule has 1 heterocycles. The Morgan fingerprint density at radius 3 is 2.51 bits per heavy atom. The monoisotopic (exact) mass is 492 g/mol. The number of amides is 4. The molecule has 0 bridgehead atoms.